The van der Waals surface area contributed by atoms with E-state index in [-0.39, 0.29) is 22.8 Å². The molecule has 0 bridgehead atoms. The molecule has 0 fully saturated rings. The van der Waals surface area contributed by atoms with E-state index in [1.54, 1.807) is 19.9 Å². The zero-order valence-electron chi connectivity index (χ0n) is 11.4. The van der Waals surface area contributed by atoms with Gasteiger partial charge in [0.25, 0.3) is 0 Å². The zero-order chi connectivity index (χ0) is 14.4. The molecule has 0 radical (unpaired) electrons. The minimum atomic E-state index is -0.451. The first-order valence-corrected chi connectivity index (χ1v) is 6.26. The lowest BCUT2D eigenvalue weighted by atomic mass is 9.97. The molecule has 0 atom stereocenters. The molecule has 0 amide bonds. The summed E-state index contributed by atoms with van der Waals surface area (Å²) in [5, 5.41) is 7.79. The average Bonchev–Trinajstić information content (AvgIpc) is 2.39. The summed E-state index contributed by atoms with van der Waals surface area (Å²) in [6.45, 7) is 5.64. The van der Waals surface area contributed by atoms with Crippen LogP contribution >= 0.6 is 0 Å². The van der Waals surface area contributed by atoms with E-state index in [4.69, 9.17) is 10.1 Å². The third-order valence-electron chi connectivity index (χ3n) is 2.70. The molecule has 0 aromatic heterocycles. The van der Waals surface area contributed by atoms with Gasteiger partial charge in [-0.2, -0.15) is 0 Å². The van der Waals surface area contributed by atoms with Crippen molar-refractivity contribution in [3.63, 3.8) is 0 Å². The number of carbonyl (C=O) groups excluding carboxylic acids is 1. The Morgan fingerprint density at radius 2 is 2.11 bits per heavy atom. The minimum Gasteiger partial charge on any atom is -0.493 e. The normalized spacial score (nSPS) is 11.3. The number of halogens is 1. The third kappa shape index (κ3) is 3.50. The topological polar surface area (TPSA) is 50.2 Å². The highest BCUT2D eigenvalue weighted by Crippen LogP contribution is 2.23. The van der Waals surface area contributed by atoms with E-state index in [9.17, 15) is 9.18 Å². The van der Waals surface area contributed by atoms with Gasteiger partial charge in [0.1, 0.15) is 11.6 Å². The summed E-state index contributed by atoms with van der Waals surface area (Å²) in [6, 6.07) is 3.81. The molecule has 0 aliphatic carbocycles. The highest BCUT2D eigenvalue weighted by atomic mass is 19.1. The molecule has 0 aliphatic heterocycles. The predicted molar refractivity (Wildman–Crippen MR) is 73.7 cm³/mol. The first kappa shape index (κ1) is 15.1. The molecule has 4 heteroatoms. The summed E-state index contributed by atoms with van der Waals surface area (Å²) < 4.78 is 18.5. The van der Waals surface area contributed by atoms with Crippen LogP contribution in [0.3, 0.4) is 0 Å². The fourth-order valence-corrected chi connectivity index (χ4v) is 1.74. The number of hydrogen-bond acceptors (Lipinski definition) is 3. The average molecular weight is 263 g/mol. The quantitative estimate of drug-likeness (QED) is 0.482. The fraction of sp³-hybridized carbons (Fsp3) is 0.333. The summed E-state index contributed by atoms with van der Waals surface area (Å²) >= 11 is 0. The van der Waals surface area contributed by atoms with E-state index in [1.165, 1.54) is 18.2 Å². The van der Waals surface area contributed by atoms with Crippen LogP contribution in [0.5, 0.6) is 5.75 Å². The first-order chi connectivity index (χ1) is 9.04. The number of ether oxygens (including phenoxy) is 1. The molecule has 0 unspecified atom stereocenters. The highest BCUT2D eigenvalue weighted by molar-refractivity contribution is 6.27. The van der Waals surface area contributed by atoms with Gasteiger partial charge in [-0.25, -0.2) is 4.39 Å². The van der Waals surface area contributed by atoms with Crippen LogP contribution in [0.25, 0.3) is 0 Å². The van der Waals surface area contributed by atoms with Crippen LogP contribution in [0, 0.1) is 11.2 Å². The van der Waals surface area contributed by atoms with E-state index in [2.05, 4.69) is 0 Å². The highest BCUT2D eigenvalue weighted by Gasteiger charge is 2.19. The number of benzene rings is 1. The summed E-state index contributed by atoms with van der Waals surface area (Å²) in [4.78, 5) is 12.4. The molecule has 102 valence electrons. The zero-order valence-corrected chi connectivity index (χ0v) is 11.4. The second-order valence-electron chi connectivity index (χ2n) is 3.94. The first-order valence-electron chi connectivity index (χ1n) is 6.26. The second-order valence-corrected chi connectivity index (χ2v) is 3.94. The van der Waals surface area contributed by atoms with E-state index in [1.807, 2.05) is 6.92 Å². The Hall–Kier alpha value is -1.97. The number of ketones is 1. The number of allylic oxidation sites excluding steroid dienone is 2. The molecule has 0 saturated heterocycles. The van der Waals surface area contributed by atoms with Gasteiger partial charge in [-0.05, 0) is 32.4 Å². The lowest BCUT2D eigenvalue weighted by Gasteiger charge is -2.11. The molecule has 1 rings (SSSR count). The van der Waals surface area contributed by atoms with Crippen molar-refractivity contribution in [2.45, 2.75) is 27.2 Å². The Morgan fingerprint density at radius 3 is 2.63 bits per heavy atom. The molecule has 1 N–H and O–H groups in total. The Bertz CT molecular complexity index is 521. The Labute approximate surface area is 112 Å². The maximum atomic E-state index is 13.2. The van der Waals surface area contributed by atoms with Gasteiger partial charge in [0.15, 0.2) is 5.78 Å². The molecule has 1 aromatic rings. The fourth-order valence-electron chi connectivity index (χ4n) is 1.74. The molecule has 0 heterocycles. The summed E-state index contributed by atoms with van der Waals surface area (Å²) in [6.07, 6.45) is 2.07. The molecular weight excluding hydrogens is 245 g/mol. The van der Waals surface area contributed by atoms with Crippen molar-refractivity contribution in [3.05, 3.63) is 41.2 Å². The van der Waals surface area contributed by atoms with Gasteiger partial charge in [0.05, 0.1) is 12.2 Å². The largest absolute Gasteiger partial charge is 0.493 e. The monoisotopic (exact) mass is 263 g/mol. The van der Waals surface area contributed by atoms with Crippen molar-refractivity contribution in [2.24, 2.45) is 0 Å². The number of carbonyl (C=O) groups is 1. The second kappa shape index (κ2) is 6.83. The van der Waals surface area contributed by atoms with Crippen molar-refractivity contribution >= 4 is 11.5 Å². The summed E-state index contributed by atoms with van der Waals surface area (Å²) in [5.41, 5.74) is 0.879. The van der Waals surface area contributed by atoms with Gasteiger partial charge >= 0.3 is 0 Å². The van der Waals surface area contributed by atoms with E-state index in [0.717, 1.165) is 0 Å². The van der Waals surface area contributed by atoms with Crippen molar-refractivity contribution in [3.8, 4) is 5.75 Å². The molecule has 0 aliphatic rings. The van der Waals surface area contributed by atoms with Crippen LogP contribution < -0.4 is 4.74 Å². The lowest BCUT2D eigenvalue weighted by Crippen LogP contribution is -2.13. The van der Waals surface area contributed by atoms with E-state index in [0.29, 0.717) is 18.6 Å². The number of hydrogen-bond donors (Lipinski definition) is 1. The lowest BCUT2D eigenvalue weighted by molar-refractivity contribution is 0.103. The summed E-state index contributed by atoms with van der Waals surface area (Å²) in [5.74, 6) is -0.541. The van der Waals surface area contributed by atoms with Crippen LogP contribution in [-0.2, 0) is 0 Å². The smallest absolute Gasteiger partial charge is 0.198 e. The van der Waals surface area contributed by atoms with Crippen LogP contribution in [0.4, 0.5) is 4.39 Å². The molecule has 19 heavy (non-hydrogen) atoms. The number of Topliss-reactive ketones (excluding diaryl/α,β-unsaturated/α-hetero) is 1. The molecule has 1 aromatic carbocycles. The maximum absolute atomic E-state index is 13.2. The van der Waals surface area contributed by atoms with Gasteiger partial charge in [-0.3, -0.25) is 4.79 Å². The van der Waals surface area contributed by atoms with Gasteiger partial charge in [-0.15, -0.1) is 0 Å². The van der Waals surface area contributed by atoms with Crippen LogP contribution in [0.2, 0.25) is 0 Å². The predicted octanol–water partition coefficient (Wildman–Crippen LogP) is 3.78. The van der Waals surface area contributed by atoms with Crippen molar-refractivity contribution in [1.29, 1.82) is 5.41 Å². The standard InChI is InChI=1S/C15H18FNO2/c1-4-11(13(17)5-2)15(18)12-8-7-10(16)9-14(12)19-6-3/h4,7-9,17H,5-6H2,1-3H3/b11-4+,17-13?. The number of rotatable bonds is 6. The summed E-state index contributed by atoms with van der Waals surface area (Å²) in [7, 11) is 0. The molecular formula is C15H18FNO2. The van der Waals surface area contributed by atoms with Gasteiger partial charge in [-0.1, -0.05) is 13.0 Å². The van der Waals surface area contributed by atoms with Crippen molar-refractivity contribution < 1.29 is 13.9 Å². The van der Waals surface area contributed by atoms with Crippen LogP contribution in [0.1, 0.15) is 37.6 Å². The molecule has 0 saturated carbocycles. The Morgan fingerprint density at radius 1 is 1.42 bits per heavy atom. The van der Waals surface area contributed by atoms with Crippen molar-refractivity contribution in [2.75, 3.05) is 6.61 Å². The Balaban J connectivity index is 3.22. The van der Waals surface area contributed by atoms with Crippen LogP contribution in [0.15, 0.2) is 29.8 Å². The van der Waals surface area contributed by atoms with Gasteiger partial charge in [0, 0.05) is 17.4 Å². The van der Waals surface area contributed by atoms with E-state index >= 15 is 0 Å². The third-order valence-corrected chi connectivity index (χ3v) is 2.70. The molecule has 0 spiro atoms. The molecule has 3 nitrogen and oxygen atoms in total. The SMILES string of the molecule is C/C=C(\C(=N)CC)C(=O)c1ccc(F)cc1OCC. The minimum absolute atomic E-state index is 0.218. The van der Waals surface area contributed by atoms with Gasteiger partial charge < -0.3 is 10.1 Å². The maximum Gasteiger partial charge on any atom is 0.198 e. The van der Waals surface area contributed by atoms with Crippen molar-refractivity contribution in [1.82, 2.24) is 0 Å². The Kier molecular flexibility index (Phi) is 5.42. The van der Waals surface area contributed by atoms with E-state index < -0.39 is 5.82 Å². The van der Waals surface area contributed by atoms with Crippen LogP contribution in [-0.4, -0.2) is 18.1 Å². The van der Waals surface area contributed by atoms with Gasteiger partial charge in [0.2, 0.25) is 0 Å². The number of nitrogens with one attached hydrogen (secondary N) is 1.